The summed E-state index contributed by atoms with van der Waals surface area (Å²) in [5.74, 6) is 0.0555. The van der Waals surface area contributed by atoms with Crippen LogP contribution >= 0.6 is 0 Å². The van der Waals surface area contributed by atoms with Crippen molar-refractivity contribution in [2.75, 3.05) is 19.8 Å². The van der Waals surface area contributed by atoms with Crippen molar-refractivity contribution >= 4 is 5.91 Å². The lowest BCUT2D eigenvalue weighted by Crippen LogP contribution is -2.38. The number of carbonyl (C=O) groups excluding carboxylic acids is 1. The lowest BCUT2D eigenvalue weighted by atomic mass is 10.1. The highest BCUT2D eigenvalue weighted by atomic mass is 16.5. The van der Waals surface area contributed by atoms with Crippen molar-refractivity contribution in [2.45, 2.75) is 63.5 Å². The Balaban J connectivity index is 1.56. The molecule has 1 heterocycles. The van der Waals surface area contributed by atoms with Gasteiger partial charge in [0.25, 0.3) is 0 Å². The molecule has 2 fully saturated rings. The molecule has 1 atom stereocenters. The van der Waals surface area contributed by atoms with E-state index in [0.29, 0.717) is 18.7 Å². The van der Waals surface area contributed by atoms with Crippen LogP contribution in [0, 0.1) is 0 Å². The van der Waals surface area contributed by atoms with E-state index in [4.69, 9.17) is 4.74 Å². The summed E-state index contributed by atoms with van der Waals surface area (Å²) in [6.45, 7) is 1.97. The molecule has 0 aromatic heterocycles. The third kappa shape index (κ3) is 4.94. The number of amides is 1. The van der Waals surface area contributed by atoms with E-state index in [1.165, 1.54) is 38.5 Å². The zero-order valence-corrected chi connectivity index (χ0v) is 11.2. The Morgan fingerprint density at radius 2 is 1.89 bits per heavy atom. The average molecular weight is 254 g/mol. The molecular formula is C14H26N2O2. The van der Waals surface area contributed by atoms with Gasteiger partial charge in [0.2, 0.25) is 5.91 Å². The van der Waals surface area contributed by atoms with Gasteiger partial charge in [-0.1, -0.05) is 25.7 Å². The second-order valence-corrected chi connectivity index (χ2v) is 5.56. The molecule has 0 aromatic rings. The van der Waals surface area contributed by atoms with Crippen molar-refractivity contribution in [1.29, 1.82) is 0 Å². The zero-order chi connectivity index (χ0) is 12.6. The van der Waals surface area contributed by atoms with Crippen LogP contribution in [0.5, 0.6) is 0 Å². The lowest BCUT2D eigenvalue weighted by molar-refractivity contribution is -0.126. The van der Waals surface area contributed by atoms with E-state index in [0.717, 1.165) is 19.4 Å². The predicted molar refractivity (Wildman–Crippen MR) is 71.5 cm³/mol. The zero-order valence-electron chi connectivity index (χ0n) is 11.2. The molecule has 1 saturated carbocycles. The fraction of sp³-hybridized carbons (Fsp3) is 0.929. The normalized spacial score (nSPS) is 25.9. The molecule has 0 bridgehead atoms. The molecular weight excluding hydrogens is 228 g/mol. The van der Waals surface area contributed by atoms with E-state index in [9.17, 15) is 4.79 Å². The third-order valence-corrected chi connectivity index (χ3v) is 3.93. The second kappa shape index (κ2) is 7.74. The van der Waals surface area contributed by atoms with Crippen LogP contribution in [0.15, 0.2) is 0 Å². The molecule has 1 saturated heterocycles. The minimum atomic E-state index is 0.0555. The molecule has 4 heteroatoms. The van der Waals surface area contributed by atoms with Crippen molar-refractivity contribution in [2.24, 2.45) is 0 Å². The molecule has 2 rings (SSSR count). The van der Waals surface area contributed by atoms with Crippen molar-refractivity contribution in [3.05, 3.63) is 0 Å². The number of hydrogen-bond donors (Lipinski definition) is 2. The fourth-order valence-electron chi connectivity index (χ4n) is 2.89. The highest BCUT2D eigenvalue weighted by molar-refractivity contribution is 5.77. The van der Waals surface area contributed by atoms with Gasteiger partial charge in [-0.3, -0.25) is 4.79 Å². The molecule has 1 unspecified atom stereocenters. The molecule has 1 aliphatic carbocycles. The summed E-state index contributed by atoms with van der Waals surface area (Å²) in [6.07, 6.45) is 9.79. The van der Waals surface area contributed by atoms with Gasteiger partial charge >= 0.3 is 0 Å². The first kappa shape index (κ1) is 13.8. The van der Waals surface area contributed by atoms with Crippen LogP contribution < -0.4 is 10.6 Å². The molecule has 18 heavy (non-hydrogen) atoms. The smallest absolute Gasteiger partial charge is 0.246 e. The third-order valence-electron chi connectivity index (χ3n) is 3.93. The van der Waals surface area contributed by atoms with E-state index >= 15 is 0 Å². The minimum Gasteiger partial charge on any atom is -0.370 e. The van der Waals surface area contributed by atoms with E-state index < -0.39 is 0 Å². The molecule has 1 aliphatic heterocycles. The number of nitrogens with one attached hydrogen (secondary N) is 2. The number of rotatable bonds is 5. The van der Waals surface area contributed by atoms with Crippen molar-refractivity contribution < 1.29 is 9.53 Å². The lowest BCUT2D eigenvalue weighted by Gasteiger charge is -2.17. The summed E-state index contributed by atoms with van der Waals surface area (Å²) >= 11 is 0. The highest BCUT2D eigenvalue weighted by Gasteiger charge is 2.16. The van der Waals surface area contributed by atoms with Gasteiger partial charge in [0.05, 0.1) is 6.61 Å². The van der Waals surface area contributed by atoms with Crippen molar-refractivity contribution in [3.63, 3.8) is 0 Å². The van der Waals surface area contributed by atoms with Gasteiger partial charge in [0.15, 0.2) is 0 Å². The Morgan fingerprint density at radius 1 is 1.11 bits per heavy atom. The summed E-state index contributed by atoms with van der Waals surface area (Å²) < 4.78 is 5.48. The molecule has 0 aromatic carbocycles. The minimum absolute atomic E-state index is 0.0555. The van der Waals surface area contributed by atoms with Gasteiger partial charge in [0, 0.05) is 12.1 Å². The molecule has 4 nitrogen and oxygen atoms in total. The Kier molecular flexibility index (Phi) is 5.94. The van der Waals surface area contributed by atoms with Gasteiger partial charge in [-0.05, 0) is 32.2 Å². The SMILES string of the molecule is O=C(COCC1CCCN1)NC1CCCCCC1. The second-order valence-electron chi connectivity index (χ2n) is 5.56. The number of ether oxygens (including phenoxy) is 1. The molecule has 0 spiro atoms. The molecule has 2 aliphatic rings. The van der Waals surface area contributed by atoms with Crippen molar-refractivity contribution in [3.8, 4) is 0 Å². The van der Waals surface area contributed by atoms with E-state index in [-0.39, 0.29) is 12.5 Å². The van der Waals surface area contributed by atoms with Gasteiger partial charge in [-0.2, -0.15) is 0 Å². The number of hydrogen-bond acceptors (Lipinski definition) is 3. The fourth-order valence-corrected chi connectivity index (χ4v) is 2.89. The quantitative estimate of drug-likeness (QED) is 0.733. The molecule has 104 valence electrons. The van der Waals surface area contributed by atoms with Crippen LogP contribution in [0.2, 0.25) is 0 Å². The Bertz CT molecular complexity index is 244. The van der Waals surface area contributed by atoms with Gasteiger partial charge < -0.3 is 15.4 Å². The largest absolute Gasteiger partial charge is 0.370 e. The first-order valence-corrected chi connectivity index (χ1v) is 7.45. The standard InChI is InChI=1S/C14H26N2O2/c17-14(11-18-10-13-8-5-9-15-13)16-12-6-3-1-2-4-7-12/h12-13,15H,1-11H2,(H,16,17). The maximum Gasteiger partial charge on any atom is 0.246 e. The van der Waals surface area contributed by atoms with E-state index in [1.807, 2.05) is 0 Å². The van der Waals surface area contributed by atoms with Crippen LogP contribution in [0.25, 0.3) is 0 Å². The summed E-state index contributed by atoms with van der Waals surface area (Å²) in [5, 5.41) is 6.46. The van der Waals surface area contributed by atoms with Crippen LogP contribution in [0.1, 0.15) is 51.4 Å². The maximum absolute atomic E-state index is 11.7. The van der Waals surface area contributed by atoms with Crippen LogP contribution in [0.4, 0.5) is 0 Å². The predicted octanol–water partition coefficient (Wildman–Crippen LogP) is 1.59. The Hall–Kier alpha value is -0.610. The summed E-state index contributed by atoms with van der Waals surface area (Å²) in [5.41, 5.74) is 0. The van der Waals surface area contributed by atoms with Gasteiger partial charge in [0.1, 0.15) is 6.61 Å². The maximum atomic E-state index is 11.7. The highest BCUT2D eigenvalue weighted by Crippen LogP contribution is 2.17. The Morgan fingerprint density at radius 3 is 2.56 bits per heavy atom. The van der Waals surface area contributed by atoms with Gasteiger partial charge in [-0.15, -0.1) is 0 Å². The molecule has 0 radical (unpaired) electrons. The number of carbonyl (C=O) groups is 1. The monoisotopic (exact) mass is 254 g/mol. The summed E-state index contributed by atoms with van der Waals surface area (Å²) in [6, 6.07) is 0.837. The van der Waals surface area contributed by atoms with Crippen LogP contribution in [-0.2, 0) is 9.53 Å². The molecule has 1 amide bonds. The van der Waals surface area contributed by atoms with Crippen molar-refractivity contribution in [1.82, 2.24) is 10.6 Å². The van der Waals surface area contributed by atoms with E-state index in [1.54, 1.807) is 0 Å². The summed E-state index contributed by atoms with van der Waals surface area (Å²) in [4.78, 5) is 11.7. The van der Waals surface area contributed by atoms with E-state index in [2.05, 4.69) is 10.6 Å². The molecule has 2 N–H and O–H groups in total. The summed E-state index contributed by atoms with van der Waals surface area (Å²) in [7, 11) is 0. The van der Waals surface area contributed by atoms with Gasteiger partial charge in [-0.25, -0.2) is 0 Å². The Labute approximate surface area is 110 Å². The van der Waals surface area contributed by atoms with Crippen LogP contribution in [-0.4, -0.2) is 37.7 Å². The topological polar surface area (TPSA) is 50.4 Å². The average Bonchev–Trinajstić information content (AvgIpc) is 2.74. The first-order chi connectivity index (χ1) is 8.84. The first-order valence-electron chi connectivity index (χ1n) is 7.45. The van der Waals surface area contributed by atoms with Crippen LogP contribution in [0.3, 0.4) is 0 Å².